The van der Waals surface area contributed by atoms with Gasteiger partial charge >= 0.3 is 6.18 Å². The first-order chi connectivity index (χ1) is 12.2. The lowest BCUT2D eigenvalue weighted by atomic mass is 9.85. The molecule has 2 rings (SSSR count). The molecule has 1 aromatic carbocycles. The molecule has 1 aliphatic heterocycles. The van der Waals surface area contributed by atoms with Crippen LogP contribution in [0.25, 0.3) is 0 Å². The summed E-state index contributed by atoms with van der Waals surface area (Å²) in [5, 5.41) is 8.26. The highest BCUT2D eigenvalue weighted by atomic mass is 19.4. The maximum atomic E-state index is 12.9. The molecular formula is C18H24F3N3O2. The molecule has 2 amide bonds. The summed E-state index contributed by atoms with van der Waals surface area (Å²) in [5.74, 6) is -0.320. The largest absolute Gasteiger partial charge is 0.416 e. The SMILES string of the molecule is CC(=O)Nc1ccc(C(F)(F)F)cc1NC(=O)CC(C)C1CCCNC1. The van der Waals surface area contributed by atoms with Gasteiger partial charge in [-0.3, -0.25) is 9.59 Å². The Morgan fingerprint density at radius 1 is 1.27 bits per heavy atom. The second-order valence-electron chi connectivity index (χ2n) is 6.78. The molecule has 0 aromatic heterocycles. The van der Waals surface area contributed by atoms with Crippen molar-refractivity contribution in [3.63, 3.8) is 0 Å². The van der Waals surface area contributed by atoms with E-state index < -0.39 is 17.6 Å². The summed E-state index contributed by atoms with van der Waals surface area (Å²) < 4.78 is 38.8. The average molecular weight is 371 g/mol. The van der Waals surface area contributed by atoms with Gasteiger partial charge in [-0.25, -0.2) is 0 Å². The summed E-state index contributed by atoms with van der Waals surface area (Å²) in [7, 11) is 0. The molecule has 1 heterocycles. The first-order valence-electron chi connectivity index (χ1n) is 8.66. The molecule has 0 aliphatic carbocycles. The first-order valence-corrected chi connectivity index (χ1v) is 8.66. The van der Waals surface area contributed by atoms with Crippen LogP contribution >= 0.6 is 0 Å². The molecule has 0 bridgehead atoms. The van der Waals surface area contributed by atoms with Gasteiger partial charge in [0.2, 0.25) is 11.8 Å². The summed E-state index contributed by atoms with van der Waals surface area (Å²) in [6, 6.07) is 2.86. The molecular weight excluding hydrogens is 347 g/mol. The maximum Gasteiger partial charge on any atom is 0.416 e. The number of alkyl halides is 3. The average Bonchev–Trinajstić information content (AvgIpc) is 2.55. The molecule has 1 fully saturated rings. The number of hydrogen-bond donors (Lipinski definition) is 3. The summed E-state index contributed by atoms with van der Waals surface area (Å²) >= 11 is 0. The van der Waals surface area contributed by atoms with Gasteiger partial charge in [0.1, 0.15) is 0 Å². The molecule has 2 atom stereocenters. The van der Waals surface area contributed by atoms with Crippen molar-refractivity contribution in [3.8, 4) is 0 Å². The number of rotatable bonds is 5. The van der Waals surface area contributed by atoms with Crippen molar-refractivity contribution in [2.24, 2.45) is 11.8 Å². The number of amides is 2. The predicted molar refractivity (Wildman–Crippen MR) is 93.8 cm³/mol. The highest BCUT2D eigenvalue weighted by molar-refractivity contribution is 5.99. The third-order valence-corrected chi connectivity index (χ3v) is 4.58. The van der Waals surface area contributed by atoms with Gasteiger partial charge in [0.05, 0.1) is 16.9 Å². The number of carbonyl (C=O) groups is 2. The molecule has 2 unspecified atom stereocenters. The van der Waals surface area contributed by atoms with Gasteiger partial charge in [0.15, 0.2) is 0 Å². The van der Waals surface area contributed by atoms with Crippen molar-refractivity contribution >= 4 is 23.2 Å². The molecule has 1 saturated heterocycles. The fraction of sp³-hybridized carbons (Fsp3) is 0.556. The molecule has 144 valence electrons. The van der Waals surface area contributed by atoms with Gasteiger partial charge in [0.25, 0.3) is 0 Å². The van der Waals surface area contributed by atoms with Crippen molar-refractivity contribution in [3.05, 3.63) is 23.8 Å². The van der Waals surface area contributed by atoms with Crippen LogP contribution in [0.15, 0.2) is 18.2 Å². The molecule has 5 nitrogen and oxygen atoms in total. The van der Waals surface area contributed by atoms with E-state index in [0.29, 0.717) is 5.92 Å². The molecule has 1 aromatic rings. The summed E-state index contributed by atoms with van der Waals surface area (Å²) in [5.41, 5.74) is -0.786. The van der Waals surface area contributed by atoms with E-state index in [1.807, 2.05) is 6.92 Å². The van der Waals surface area contributed by atoms with Crippen molar-refractivity contribution in [2.75, 3.05) is 23.7 Å². The molecule has 26 heavy (non-hydrogen) atoms. The van der Waals surface area contributed by atoms with Crippen LogP contribution in [0.1, 0.15) is 38.7 Å². The minimum atomic E-state index is -4.53. The lowest BCUT2D eigenvalue weighted by Gasteiger charge is -2.28. The summed E-state index contributed by atoms with van der Waals surface area (Å²) in [6.07, 6.45) is -2.24. The zero-order valence-electron chi connectivity index (χ0n) is 14.9. The first kappa shape index (κ1) is 20.2. The van der Waals surface area contributed by atoms with Crippen molar-refractivity contribution < 1.29 is 22.8 Å². The van der Waals surface area contributed by atoms with Crippen molar-refractivity contribution in [1.82, 2.24) is 5.32 Å². The number of benzene rings is 1. The van der Waals surface area contributed by atoms with Crippen LogP contribution in [0.5, 0.6) is 0 Å². The minimum absolute atomic E-state index is 0.0472. The van der Waals surface area contributed by atoms with Gasteiger partial charge in [-0.05, 0) is 56.0 Å². The van der Waals surface area contributed by atoms with Gasteiger partial charge in [-0.15, -0.1) is 0 Å². The number of carbonyl (C=O) groups excluding carboxylic acids is 2. The van der Waals surface area contributed by atoms with E-state index in [1.165, 1.54) is 6.92 Å². The number of hydrogen-bond acceptors (Lipinski definition) is 3. The van der Waals surface area contributed by atoms with Crippen LogP contribution in [-0.2, 0) is 15.8 Å². The van der Waals surface area contributed by atoms with Crippen LogP contribution in [0, 0.1) is 11.8 Å². The molecule has 1 aliphatic rings. The minimum Gasteiger partial charge on any atom is -0.325 e. The summed E-state index contributed by atoms with van der Waals surface area (Å²) in [4.78, 5) is 23.6. The highest BCUT2D eigenvalue weighted by Gasteiger charge is 2.31. The Balaban J connectivity index is 2.11. The van der Waals surface area contributed by atoms with Crippen LogP contribution in [0.2, 0.25) is 0 Å². The van der Waals surface area contributed by atoms with Crippen LogP contribution in [-0.4, -0.2) is 24.9 Å². The second kappa shape index (κ2) is 8.53. The fourth-order valence-electron chi connectivity index (χ4n) is 3.15. The molecule has 0 spiro atoms. The Morgan fingerprint density at radius 2 is 2.00 bits per heavy atom. The Morgan fingerprint density at radius 3 is 2.58 bits per heavy atom. The van der Waals surface area contributed by atoms with Crippen molar-refractivity contribution in [1.29, 1.82) is 0 Å². The van der Waals surface area contributed by atoms with E-state index in [2.05, 4.69) is 16.0 Å². The van der Waals surface area contributed by atoms with Crippen molar-refractivity contribution in [2.45, 2.75) is 39.3 Å². The van der Waals surface area contributed by atoms with Gasteiger partial charge in [-0.2, -0.15) is 13.2 Å². The third kappa shape index (κ3) is 5.72. The Kier molecular flexibility index (Phi) is 6.63. The van der Waals surface area contributed by atoms with E-state index in [-0.39, 0.29) is 29.6 Å². The van der Waals surface area contributed by atoms with Gasteiger partial charge in [-0.1, -0.05) is 6.92 Å². The maximum absolute atomic E-state index is 12.9. The number of piperidine rings is 1. The highest BCUT2D eigenvalue weighted by Crippen LogP contribution is 2.34. The van der Waals surface area contributed by atoms with Crippen LogP contribution in [0.4, 0.5) is 24.5 Å². The van der Waals surface area contributed by atoms with Gasteiger partial charge < -0.3 is 16.0 Å². The predicted octanol–water partition coefficient (Wildman–Crippen LogP) is 3.63. The molecule has 0 saturated carbocycles. The monoisotopic (exact) mass is 371 g/mol. The van der Waals surface area contributed by atoms with Gasteiger partial charge in [0, 0.05) is 13.3 Å². The molecule has 0 radical (unpaired) electrons. The number of anilines is 2. The normalized spacial score (nSPS) is 18.9. The molecule has 8 heteroatoms. The second-order valence-corrected chi connectivity index (χ2v) is 6.78. The standard InChI is InChI=1S/C18H24F3N3O2/c1-11(13-4-3-7-22-10-13)8-17(26)24-16-9-14(18(19,20)21)5-6-15(16)23-12(2)25/h5-6,9,11,13,22H,3-4,7-8,10H2,1-2H3,(H,23,25)(H,24,26). The lowest BCUT2D eigenvalue weighted by Crippen LogP contribution is -2.34. The topological polar surface area (TPSA) is 70.2 Å². The Hall–Kier alpha value is -2.09. The quantitative estimate of drug-likeness (QED) is 0.740. The summed E-state index contributed by atoms with van der Waals surface area (Å²) in [6.45, 7) is 5.04. The Bertz CT molecular complexity index is 656. The third-order valence-electron chi connectivity index (χ3n) is 4.58. The lowest BCUT2D eigenvalue weighted by molar-refractivity contribution is -0.137. The zero-order valence-corrected chi connectivity index (χ0v) is 14.9. The Labute approximate surface area is 150 Å². The van der Waals surface area contributed by atoms with E-state index >= 15 is 0 Å². The molecule has 3 N–H and O–H groups in total. The van der Waals surface area contributed by atoms with E-state index in [0.717, 1.165) is 44.1 Å². The van der Waals surface area contributed by atoms with E-state index in [9.17, 15) is 22.8 Å². The van der Waals surface area contributed by atoms with E-state index in [4.69, 9.17) is 0 Å². The van der Waals surface area contributed by atoms with E-state index in [1.54, 1.807) is 0 Å². The number of halogens is 3. The van der Waals surface area contributed by atoms with Crippen LogP contribution < -0.4 is 16.0 Å². The smallest absolute Gasteiger partial charge is 0.325 e. The number of nitrogens with one attached hydrogen (secondary N) is 3. The fourth-order valence-corrected chi connectivity index (χ4v) is 3.15. The van der Waals surface area contributed by atoms with Crippen LogP contribution in [0.3, 0.4) is 0 Å². The zero-order chi connectivity index (χ0) is 19.3.